The first-order chi connectivity index (χ1) is 9.58. The molecule has 2 aromatic rings. The smallest absolute Gasteiger partial charge is 0.337 e. The second kappa shape index (κ2) is 6.14. The van der Waals surface area contributed by atoms with Gasteiger partial charge in [0.1, 0.15) is 0 Å². The van der Waals surface area contributed by atoms with Crippen LogP contribution in [0.4, 0.5) is 14.5 Å². The number of para-hydroxylation sites is 1. The largest absolute Gasteiger partial charge is 0.478 e. The molecular formula is C15H13F2NO2. The van der Waals surface area contributed by atoms with Gasteiger partial charge in [0.25, 0.3) is 6.43 Å². The number of carboxylic acids is 1. The zero-order valence-corrected chi connectivity index (χ0v) is 10.5. The van der Waals surface area contributed by atoms with Crippen molar-refractivity contribution >= 4 is 11.7 Å². The number of alkyl halides is 2. The van der Waals surface area contributed by atoms with Gasteiger partial charge in [0.05, 0.1) is 5.56 Å². The van der Waals surface area contributed by atoms with Crippen molar-refractivity contribution in [2.24, 2.45) is 0 Å². The summed E-state index contributed by atoms with van der Waals surface area (Å²) in [5.41, 5.74) is 1.23. The number of halogens is 2. The molecule has 0 atom stereocenters. The highest BCUT2D eigenvalue weighted by atomic mass is 19.3. The number of nitrogens with one attached hydrogen (secondary N) is 1. The summed E-state index contributed by atoms with van der Waals surface area (Å²) in [4.78, 5) is 11.0. The zero-order chi connectivity index (χ0) is 14.5. The van der Waals surface area contributed by atoms with Crippen molar-refractivity contribution in [2.45, 2.75) is 13.0 Å². The average Bonchev–Trinajstić information content (AvgIpc) is 2.45. The van der Waals surface area contributed by atoms with E-state index in [-0.39, 0.29) is 17.7 Å². The normalized spacial score (nSPS) is 10.6. The van der Waals surface area contributed by atoms with Crippen LogP contribution in [0.15, 0.2) is 48.5 Å². The van der Waals surface area contributed by atoms with E-state index in [4.69, 9.17) is 5.11 Å². The van der Waals surface area contributed by atoms with Crippen LogP contribution in [0.5, 0.6) is 0 Å². The van der Waals surface area contributed by atoms with Crippen molar-refractivity contribution in [3.05, 3.63) is 65.2 Å². The highest BCUT2D eigenvalue weighted by Gasteiger charge is 2.09. The van der Waals surface area contributed by atoms with Crippen LogP contribution in [0.3, 0.4) is 0 Å². The van der Waals surface area contributed by atoms with E-state index < -0.39 is 12.4 Å². The maximum absolute atomic E-state index is 12.6. The van der Waals surface area contributed by atoms with Gasteiger partial charge >= 0.3 is 5.97 Å². The average molecular weight is 277 g/mol. The fourth-order valence-electron chi connectivity index (χ4n) is 1.86. The minimum atomic E-state index is -2.51. The van der Waals surface area contributed by atoms with Gasteiger partial charge in [-0.2, -0.15) is 0 Å². The van der Waals surface area contributed by atoms with Crippen molar-refractivity contribution in [1.82, 2.24) is 0 Å². The first kappa shape index (κ1) is 14.0. The molecule has 0 aliphatic carbocycles. The van der Waals surface area contributed by atoms with Gasteiger partial charge in [-0.1, -0.05) is 30.3 Å². The summed E-state index contributed by atoms with van der Waals surface area (Å²) >= 11 is 0. The molecule has 5 heteroatoms. The second-order valence-electron chi connectivity index (χ2n) is 4.25. The molecule has 0 heterocycles. The van der Waals surface area contributed by atoms with E-state index in [1.807, 2.05) is 0 Å². The predicted octanol–water partition coefficient (Wildman–Crippen LogP) is 3.93. The molecule has 0 saturated heterocycles. The first-order valence-electron chi connectivity index (χ1n) is 6.01. The van der Waals surface area contributed by atoms with Gasteiger partial charge in [0.2, 0.25) is 0 Å². The van der Waals surface area contributed by atoms with Crippen LogP contribution in [0, 0.1) is 0 Å². The Bertz CT molecular complexity index is 614. The third-order valence-corrected chi connectivity index (χ3v) is 2.84. The number of rotatable bonds is 5. The van der Waals surface area contributed by atoms with Crippen molar-refractivity contribution < 1.29 is 18.7 Å². The molecule has 20 heavy (non-hydrogen) atoms. The lowest BCUT2D eigenvalue weighted by atomic mass is 10.1. The number of carboxylic acid groups (broad SMARTS) is 1. The standard InChI is InChI=1S/C15H13F2NO2/c16-14(17)11-5-3-4-10(8-11)9-18-13-7-2-1-6-12(13)15(19)20/h1-8,14,18H,9H2,(H,19,20). The number of carbonyl (C=O) groups is 1. The minimum absolute atomic E-state index is 0.0455. The Labute approximate surface area is 114 Å². The van der Waals surface area contributed by atoms with E-state index in [9.17, 15) is 13.6 Å². The summed E-state index contributed by atoms with van der Waals surface area (Å²) in [7, 11) is 0. The Hall–Kier alpha value is -2.43. The fourth-order valence-corrected chi connectivity index (χ4v) is 1.86. The molecule has 0 radical (unpaired) electrons. The van der Waals surface area contributed by atoms with Crippen molar-refractivity contribution in [1.29, 1.82) is 0 Å². The van der Waals surface area contributed by atoms with E-state index in [1.165, 1.54) is 18.2 Å². The van der Waals surface area contributed by atoms with Crippen LogP contribution < -0.4 is 5.32 Å². The molecule has 0 amide bonds. The molecule has 0 fully saturated rings. The molecule has 0 aliphatic rings. The van der Waals surface area contributed by atoms with Crippen LogP contribution in [0.2, 0.25) is 0 Å². The molecule has 0 bridgehead atoms. The number of aromatic carboxylic acids is 1. The van der Waals surface area contributed by atoms with Gasteiger partial charge < -0.3 is 10.4 Å². The third-order valence-electron chi connectivity index (χ3n) is 2.84. The molecule has 0 spiro atoms. The van der Waals surface area contributed by atoms with Gasteiger partial charge in [-0.25, -0.2) is 13.6 Å². The maximum atomic E-state index is 12.6. The molecule has 2 rings (SSSR count). The molecule has 104 valence electrons. The lowest BCUT2D eigenvalue weighted by Crippen LogP contribution is -2.06. The Morgan fingerprint density at radius 1 is 1.15 bits per heavy atom. The summed E-state index contributed by atoms with van der Waals surface area (Å²) < 4.78 is 25.2. The highest BCUT2D eigenvalue weighted by molar-refractivity contribution is 5.94. The van der Waals surface area contributed by atoms with Crippen LogP contribution in [-0.2, 0) is 6.54 Å². The summed E-state index contributed by atoms with van der Waals surface area (Å²) in [6.45, 7) is 0.283. The van der Waals surface area contributed by atoms with Crippen LogP contribution in [0.25, 0.3) is 0 Å². The quantitative estimate of drug-likeness (QED) is 0.870. The molecule has 2 aromatic carbocycles. The first-order valence-corrected chi connectivity index (χ1v) is 6.01. The van der Waals surface area contributed by atoms with E-state index >= 15 is 0 Å². The molecule has 0 saturated carbocycles. The fraction of sp³-hybridized carbons (Fsp3) is 0.133. The predicted molar refractivity (Wildman–Crippen MR) is 72.1 cm³/mol. The topological polar surface area (TPSA) is 49.3 Å². The van der Waals surface area contributed by atoms with E-state index in [0.29, 0.717) is 11.3 Å². The van der Waals surface area contributed by atoms with E-state index in [2.05, 4.69) is 5.32 Å². The molecular weight excluding hydrogens is 264 g/mol. The van der Waals surface area contributed by atoms with Gasteiger partial charge in [-0.3, -0.25) is 0 Å². The number of hydrogen-bond acceptors (Lipinski definition) is 2. The molecule has 2 N–H and O–H groups in total. The Kier molecular flexibility index (Phi) is 4.30. The summed E-state index contributed by atoms with van der Waals surface area (Å²) in [6, 6.07) is 12.5. The monoisotopic (exact) mass is 277 g/mol. The Morgan fingerprint density at radius 2 is 1.90 bits per heavy atom. The van der Waals surface area contributed by atoms with Crippen LogP contribution in [-0.4, -0.2) is 11.1 Å². The summed E-state index contributed by atoms with van der Waals surface area (Å²) in [6.07, 6.45) is -2.51. The number of benzene rings is 2. The molecule has 0 aromatic heterocycles. The summed E-state index contributed by atoms with van der Waals surface area (Å²) in [5, 5.41) is 12.0. The zero-order valence-electron chi connectivity index (χ0n) is 10.5. The van der Waals surface area contributed by atoms with Crippen molar-refractivity contribution in [3.8, 4) is 0 Å². The summed E-state index contributed by atoms with van der Waals surface area (Å²) in [5.74, 6) is -1.03. The Morgan fingerprint density at radius 3 is 2.60 bits per heavy atom. The highest BCUT2D eigenvalue weighted by Crippen LogP contribution is 2.21. The van der Waals surface area contributed by atoms with Crippen LogP contribution in [0.1, 0.15) is 27.9 Å². The minimum Gasteiger partial charge on any atom is -0.478 e. The van der Waals surface area contributed by atoms with Crippen LogP contribution >= 0.6 is 0 Å². The van der Waals surface area contributed by atoms with Gasteiger partial charge in [-0.05, 0) is 23.8 Å². The van der Waals surface area contributed by atoms with Gasteiger partial charge in [0.15, 0.2) is 0 Å². The molecule has 0 unspecified atom stereocenters. The SMILES string of the molecule is O=C(O)c1ccccc1NCc1cccc(C(F)F)c1. The lowest BCUT2D eigenvalue weighted by molar-refractivity contribution is 0.0698. The van der Waals surface area contributed by atoms with Gasteiger partial charge in [0, 0.05) is 17.8 Å². The molecule has 0 aliphatic heterocycles. The van der Waals surface area contributed by atoms with Gasteiger partial charge in [-0.15, -0.1) is 0 Å². The Balaban J connectivity index is 2.13. The van der Waals surface area contributed by atoms with Crippen molar-refractivity contribution in [3.63, 3.8) is 0 Å². The third kappa shape index (κ3) is 3.32. The number of anilines is 1. The van der Waals surface area contributed by atoms with E-state index in [0.717, 1.165) is 0 Å². The maximum Gasteiger partial charge on any atom is 0.337 e. The number of hydrogen-bond donors (Lipinski definition) is 2. The second-order valence-corrected chi connectivity index (χ2v) is 4.25. The van der Waals surface area contributed by atoms with E-state index in [1.54, 1.807) is 30.3 Å². The lowest BCUT2D eigenvalue weighted by Gasteiger charge is -2.10. The van der Waals surface area contributed by atoms with Crippen molar-refractivity contribution in [2.75, 3.05) is 5.32 Å². The molecule has 3 nitrogen and oxygen atoms in total.